The Morgan fingerprint density at radius 2 is 1.66 bits per heavy atom. The number of rotatable bonds is 6. The van der Waals surface area contributed by atoms with E-state index in [0.29, 0.717) is 5.69 Å². The van der Waals surface area contributed by atoms with Gasteiger partial charge in [-0.05, 0) is 42.9 Å². The van der Waals surface area contributed by atoms with Gasteiger partial charge in [-0.15, -0.1) is 11.3 Å². The van der Waals surface area contributed by atoms with E-state index in [0.717, 1.165) is 22.5 Å². The van der Waals surface area contributed by atoms with Crippen LogP contribution in [0.25, 0.3) is 0 Å². The highest BCUT2D eigenvalue weighted by Crippen LogP contribution is 2.37. The molecule has 6 nitrogen and oxygen atoms in total. The average Bonchev–Trinajstić information content (AvgIpc) is 2.97. The minimum absolute atomic E-state index is 0.143. The summed E-state index contributed by atoms with van der Waals surface area (Å²) >= 11 is 6.87. The van der Waals surface area contributed by atoms with E-state index in [-0.39, 0.29) is 25.9 Å². The molecular weight excluding hydrogens is 432 g/mol. The molecule has 29 heavy (non-hydrogen) atoms. The number of anilines is 1. The third kappa shape index (κ3) is 5.51. The second-order valence-electron chi connectivity index (χ2n) is 7.99. The lowest BCUT2D eigenvalue weighted by Crippen LogP contribution is -2.34. The van der Waals surface area contributed by atoms with E-state index >= 15 is 0 Å². The lowest BCUT2D eigenvalue weighted by molar-refractivity contribution is 0.0790. The van der Waals surface area contributed by atoms with Gasteiger partial charge in [0.1, 0.15) is 8.55 Å². The summed E-state index contributed by atoms with van der Waals surface area (Å²) in [4.78, 5) is 12.6. The van der Waals surface area contributed by atoms with Gasteiger partial charge in [0.25, 0.3) is 10.0 Å². The maximum absolute atomic E-state index is 12.7. The zero-order chi connectivity index (χ0) is 22.1. The quantitative estimate of drug-likeness (QED) is 0.541. The molecule has 2 aromatic rings. The molecule has 9 heteroatoms. The van der Waals surface area contributed by atoms with Gasteiger partial charge >= 0.3 is 6.03 Å². The molecule has 0 unspecified atom stereocenters. The van der Waals surface area contributed by atoms with E-state index in [2.05, 4.69) is 5.32 Å². The molecule has 0 spiro atoms. The maximum Gasteiger partial charge on any atom is 0.333 e. The largest absolute Gasteiger partial charge is 0.386 e. The summed E-state index contributed by atoms with van der Waals surface area (Å²) in [6.45, 7) is 11.0. The van der Waals surface area contributed by atoms with E-state index in [1.807, 2.05) is 50.6 Å². The van der Waals surface area contributed by atoms with Crippen molar-refractivity contribution in [3.8, 4) is 0 Å². The molecular formula is C20H27ClN2O4S2. The lowest BCUT2D eigenvalue weighted by Gasteiger charge is -2.20. The zero-order valence-corrected chi connectivity index (χ0v) is 19.7. The SMILES string of the molecule is CC(C)c1cccc(C(C)C)c1NC(=O)NS(=O)(=O)c1cc(C(C)(C)O)c(Cl)s1. The van der Waals surface area contributed by atoms with Gasteiger partial charge in [0.2, 0.25) is 0 Å². The maximum atomic E-state index is 12.7. The first-order valence-corrected chi connectivity index (χ1v) is 11.9. The molecule has 0 bridgehead atoms. The topological polar surface area (TPSA) is 95.5 Å². The van der Waals surface area contributed by atoms with E-state index in [1.165, 1.54) is 19.9 Å². The fourth-order valence-corrected chi connectivity index (χ4v) is 5.83. The monoisotopic (exact) mass is 458 g/mol. The Labute approximate surface area is 181 Å². The molecule has 0 aliphatic heterocycles. The van der Waals surface area contributed by atoms with Gasteiger partial charge in [-0.1, -0.05) is 57.5 Å². The molecule has 0 fully saturated rings. The highest BCUT2D eigenvalue weighted by molar-refractivity contribution is 7.92. The molecule has 2 amide bonds. The highest BCUT2D eigenvalue weighted by atomic mass is 35.5. The predicted molar refractivity (Wildman–Crippen MR) is 119 cm³/mol. The third-order valence-electron chi connectivity index (χ3n) is 4.43. The van der Waals surface area contributed by atoms with Crippen molar-refractivity contribution < 1.29 is 18.3 Å². The highest BCUT2D eigenvalue weighted by Gasteiger charge is 2.28. The van der Waals surface area contributed by atoms with Gasteiger partial charge in [0.05, 0.1) is 5.60 Å². The van der Waals surface area contributed by atoms with Crippen LogP contribution < -0.4 is 10.0 Å². The van der Waals surface area contributed by atoms with Crippen molar-refractivity contribution >= 4 is 44.7 Å². The average molecular weight is 459 g/mol. The normalized spacial score (nSPS) is 12.5. The number of nitrogens with one attached hydrogen (secondary N) is 2. The molecule has 1 aromatic heterocycles. The molecule has 0 aliphatic carbocycles. The number of hydrogen-bond donors (Lipinski definition) is 3. The lowest BCUT2D eigenvalue weighted by atomic mass is 9.93. The Bertz CT molecular complexity index is 980. The van der Waals surface area contributed by atoms with Gasteiger partial charge in [-0.2, -0.15) is 0 Å². The summed E-state index contributed by atoms with van der Waals surface area (Å²) in [6.07, 6.45) is 0. The molecule has 160 valence electrons. The summed E-state index contributed by atoms with van der Waals surface area (Å²) in [5, 5.41) is 12.8. The van der Waals surface area contributed by atoms with E-state index in [1.54, 1.807) is 0 Å². The number of para-hydroxylation sites is 1. The van der Waals surface area contributed by atoms with Crippen molar-refractivity contribution in [3.63, 3.8) is 0 Å². The molecule has 1 heterocycles. The number of carbonyl (C=O) groups excluding carboxylic acids is 1. The number of benzene rings is 1. The smallest absolute Gasteiger partial charge is 0.333 e. The summed E-state index contributed by atoms with van der Waals surface area (Å²) in [5.41, 5.74) is 1.45. The van der Waals surface area contributed by atoms with Gasteiger partial charge in [0, 0.05) is 11.3 Å². The Morgan fingerprint density at radius 1 is 1.14 bits per heavy atom. The summed E-state index contributed by atoms with van der Waals surface area (Å²) in [7, 11) is -4.15. The molecule has 2 rings (SSSR count). The first-order valence-electron chi connectivity index (χ1n) is 9.22. The summed E-state index contributed by atoms with van der Waals surface area (Å²) in [6, 6.07) is 6.18. The fourth-order valence-electron chi connectivity index (χ4n) is 2.90. The number of sulfonamides is 1. The predicted octanol–water partition coefficient (Wildman–Crippen LogP) is 5.39. The van der Waals surface area contributed by atoms with Crippen LogP contribution in [0.15, 0.2) is 28.5 Å². The minimum atomic E-state index is -4.15. The second-order valence-corrected chi connectivity index (χ2v) is 11.6. The molecule has 0 atom stereocenters. The first-order chi connectivity index (χ1) is 13.2. The van der Waals surface area contributed by atoms with Crippen molar-refractivity contribution in [2.45, 2.75) is 63.2 Å². The van der Waals surface area contributed by atoms with E-state index in [9.17, 15) is 18.3 Å². The van der Waals surface area contributed by atoms with Crippen LogP contribution in [-0.2, 0) is 15.6 Å². The molecule has 0 saturated heterocycles. The van der Waals surface area contributed by atoms with Gasteiger partial charge in [-0.25, -0.2) is 17.9 Å². The van der Waals surface area contributed by atoms with Crippen LogP contribution in [-0.4, -0.2) is 19.6 Å². The van der Waals surface area contributed by atoms with Crippen molar-refractivity contribution in [1.29, 1.82) is 0 Å². The van der Waals surface area contributed by atoms with Crippen molar-refractivity contribution in [3.05, 3.63) is 45.3 Å². The Morgan fingerprint density at radius 3 is 2.07 bits per heavy atom. The Kier molecular flexibility index (Phi) is 7.05. The van der Waals surface area contributed by atoms with Crippen LogP contribution in [0.3, 0.4) is 0 Å². The number of aliphatic hydroxyl groups is 1. The zero-order valence-electron chi connectivity index (χ0n) is 17.3. The minimum Gasteiger partial charge on any atom is -0.386 e. The van der Waals surface area contributed by atoms with E-state index in [4.69, 9.17) is 11.6 Å². The van der Waals surface area contributed by atoms with Gasteiger partial charge in [0.15, 0.2) is 0 Å². The number of urea groups is 1. The molecule has 3 N–H and O–H groups in total. The van der Waals surface area contributed by atoms with Gasteiger partial charge < -0.3 is 10.4 Å². The number of halogens is 1. The number of hydrogen-bond acceptors (Lipinski definition) is 5. The third-order valence-corrected chi connectivity index (χ3v) is 7.59. The molecule has 0 aliphatic rings. The van der Waals surface area contributed by atoms with Crippen LogP contribution in [0.1, 0.15) is 70.1 Å². The number of thiophene rings is 1. The van der Waals surface area contributed by atoms with Crippen LogP contribution in [0.2, 0.25) is 4.34 Å². The van der Waals surface area contributed by atoms with E-state index < -0.39 is 21.7 Å². The molecule has 0 saturated carbocycles. The second kappa shape index (κ2) is 8.63. The molecule has 0 radical (unpaired) electrons. The number of carbonyl (C=O) groups is 1. The standard InChI is InChI=1S/C20H27ClN2O4S2/c1-11(2)13-8-7-9-14(12(3)4)17(13)22-19(24)23-29(26,27)16-10-15(18(21)28-16)20(5,6)25/h7-12,25H,1-6H3,(H2,22,23,24). The molecule has 1 aromatic carbocycles. The van der Waals surface area contributed by atoms with Crippen LogP contribution in [0.4, 0.5) is 10.5 Å². The Hall–Kier alpha value is -1.61. The summed E-state index contributed by atoms with van der Waals surface area (Å²) < 4.78 is 27.4. The fraction of sp³-hybridized carbons (Fsp3) is 0.450. The van der Waals surface area contributed by atoms with Crippen molar-refractivity contribution in [2.24, 2.45) is 0 Å². The van der Waals surface area contributed by atoms with Crippen LogP contribution in [0, 0.1) is 0 Å². The summed E-state index contributed by atoms with van der Waals surface area (Å²) in [5.74, 6) is 0.289. The van der Waals surface area contributed by atoms with Gasteiger partial charge in [-0.3, -0.25) is 0 Å². The number of amides is 2. The Balaban J connectivity index is 2.32. The van der Waals surface area contributed by atoms with Crippen molar-refractivity contribution in [2.75, 3.05) is 5.32 Å². The van der Waals surface area contributed by atoms with Crippen molar-refractivity contribution in [1.82, 2.24) is 4.72 Å². The van der Waals surface area contributed by atoms with Crippen LogP contribution >= 0.6 is 22.9 Å². The van der Waals surface area contributed by atoms with Crippen LogP contribution in [0.5, 0.6) is 0 Å². The first kappa shape index (κ1) is 23.7.